The Kier molecular flexibility index (Phi) is 6.33. The lowest BCUT2D eigenvalue weighted by atomic mass is 9.92. The molecule has 0 radical (unpaired) electrons. The van der Waals surface area contributed by atoms with Gasteiger partial charge in [-0.15, -0.1) is 0 Å². The molecule has 2 aromatic carbocycles. The maximum Gasteiger partial charge on any atom is 0.322 e. The SMILES string of the molecule is CCOc1ccc(-c2noc(C3=C(C)N(Cc4ccco4)C(=O)NC3c3ccc(C)c(C)c3)n2)cc1. The summed E-state index contributed by atoms with van der Waals surface area (Å²) in [5.74, 6) is 2.27. The van der Waals surface area contributed by atoms with E-state index in [1.165, 1.54) is 5.56 Å². The van der Waals surface area contributed by atoms with Crippen LogP contribution in [0.15, 0.2) is 75.5 Å². The number of hydrogen-bond acceptors (Lipinski definition) is 6. The number of carbonyl (C=O) groups is 1. The molecule has 36 heavy (non-hydrogen) atoms. The number of allylic oxidation sites excluding steroid dienone is 1. The average molecular weight is 485 g/mol. The van der Waals surface area contributed by atoms with Gasteiger partial charge in [0.2, 0.25) is 5.82 Å². The van der Waals surface area contributed by atoms with Crippen LogP contribution in [0.2, 0.25) is 0 Å². The molecule has 2 aromatic heterocycles. The van der Waals surface area contributed by atoms with Gasteiger partial charge in [-0.3, -0.25) is 4.90 Å². The lowest BCUT2D eigenvalue weighted by Crippen LogP contribution is -2.45. The molecule has 5 rings (SSSR count). The van der Waals surface area contributed by atoms with E-state index in [9.17, 15) is 4.79 Å². The molecule has 0 bridgehead atoms. The van der Waals surface area contributed by atoms with Gasteiger partial charge in [0, 0.05) is 11.3 Å². The molecule has 0 saturated heterocycles. The Morgan fingerprint density at radius 3 is 2.56 bits per heavy atom. The summed E-state index contributed by atoms with van der Waals surface area (Å²) in [5.41, 5.74) is 5.53. The van der Waals surface area contributed by atoms with Crippen molar-refractivity contribution in [3.8, 4) is 17.1 Å². The number of amides is 2. The van der Waals surface area contributed by atoms with E-state index in [1.807, 2.05) is 50.2 Å². The van der Waals surface area contributed by atoms with Crippen LogP contribution in [0, 0.1) is 13.8 Å². The first-order valence-corrected chi connectivity index (χ1v) is 11.9. The summed E-state index contributed by atoms with van der Waals surface area (Å²) in [6, 6.07) is 16.7. The zero-order valence-corrected chi connectivity index (χ0v) is 20.7. The highest BCUT2D eigenvalue weighted by atomic mass is 16.5. The zero-order chi connectivity index (χ0) is 25.2. The summed E-state index contributed by atoms with van der Waals surface area (Å²) < 4.78 is 16.8. The first kappa shape index (κ1) is 23.4. The van der Waals surface area contributed by atoms with E-state index in [-0.39, 0.29) is 12.6 Å². The normalized spacial score (nSPS) is 15.8. The van der Waals surface area contributed by atoms with Gasteiger partial charge in [0.15, 0.2) is 0 Å². The molecule has 0 saturated carbocycles. The topological polar surface area (TPSA) is 93.6 Å². The monoisotopic (exact) mass is 484 g/mol. The zero-order valence-electron chi connectivity index (χ0n) is 20.7. The largest absolute Gasteiger partial charge is 0.494 e. The molecule has 184 valence electrons. The first-order valence-electron chi connectivity index (χ1n) is 11.9. The van der Waals surface area contributed by atoms with Crippen molar-refractivity contribution in [2.45, 2.75) is 40.3 Å². The number of benzene rings is 2. The van der Waals surface area contributed by atoms with Crippen molar-refractivity contribution < 1.29 is 18.5 Å². The van der Waals surface area contributed by atoms with Crippen LogP contribution >= 0.6 is 0 Å². The standard InChI is InChI=1S/C28H28N4O4/c1-5-34-22-12-10-20(11-13-22)26-30-27(36-31-26)24-19(4)32(16-23-7-6-14-35-23)28(33)29-25(24)21-9-8-17(2)18(3)15-21/h6-15,25H,5,16H2,1-4H3,(H,29,33). The van der Waals surface area contributed by atoms with Crippen LogP contribution in [0.5, 0.6) is 5.75 Å². The molecule has 4 aromatic rings. The molecule has 0 aliphatic carbocycles. The maximum absolute atomic E-state index is 13.2. The van der Waals surface area contributed by atoms with Crippen LogP contribution < -0.4 is 10.1 Å². The number of aromatic nitrogens is 2. The second-order valence-corrected chi connectivity index (χ2v) is 8.77. The lowest BCUT2D eigenvalue weighted by molar-refractivity contribution is 0.199. The van der Waals surface area contributed by atoms with Gasteiger partial charge in [-0.05, 0) is 80.8 Å². The third kappa shape index (κ3) is 4.49. The fraction of sp³-hybridized carbons (Fsp3) is 0.250. The van der Waals surface area contributed by atoms with Crippen molar-refractivity contribution in [1.82, 2.24) is 20.4 Å². The van der Waals surface area contributed by atoms with Crippen LogP contribution in [0.25, 0.3) is 17.0 Å². The summed E-state index contributed by atoms with van der Waals surface area (Å²) in [6.45, 7) is 8.84. The van der Waals surface area contributed by atoms with Gasteiger partial charge < -0.3 is 19.0 Å². The summed E-state index contributed by atoms with van der Waals surface area (Å²) in [4.78, 5) is 19.6. The minimum Gasteiger partial charge on any atom is -0.494 e. The van der Waals surface area contributed by atoms with Crippen molar-refractivity contribution in [2.24, 2.45) is 0 Å². The van der Waals surface area contributed by atoms with E-state index < -0.39 is 6.04 Å². The molecule has 1 aliphatic heterocycles. The van der Waals surface area contributed by atoms with Crippen molar-refractivity contribution in [3.63, 3.8) is 0 Å². The molecular weight excluding hydrogens is 456 g/mol. The van der Waals surface area contributed by atoms with Gasteiger partial charge in [-0.1, -0.05) is 23.4 Å². The van der Waals surface area contributed by atoms with E-state index in [1.54, 1.807) is 17.2 Å². The molecule has 1 aliphatic rings. The summed E-state index contributed by atoms with van der Waals surface area (Å²) in [7, 11) is 0. The second-order valence-electron chi connectivity index (χ2n) is 8.77. The van der Waals surface area contributed by atoms with E-state index in [0.29, 0.717) is 24.1 Å². The number of aryl methyl sites for hydroxylation is 2. The third-order valence-electron chi connectivity index (χ3n) is 6.43. The fourth-order valence-electron chi connectivity index (χ4n) is 4.32. The van der Waals surface area contributed by atoms with Gasteiger partial charge in [0.05, 0.1) is 31.0 Å². The number of carbonyl (C=O) groups excluding carboxylic acids is 1. The molecule has 3 heterocycles. The fourth-order valence-corrected chi connectivity index (χ4v) is 4.32. The molecule has 2 amide bonds. The summed E-state index contributed by atoms with van der Waals surface area (Å²) in [6.07, 6.45) is 1.59. The predicted octanol–water partition coefficient (Wildman–Crippen LogP) is 6.04. The van der Waals surface area contributed by atoms with Crippen molar-refractivity contribution in [1.29, 1.82) is 0 Å². The van der Waals surface area contributed by atoms with Gasteiger partial charge >= 0.3 is 6.03 Å². The van der Waals surface area contributed by atoms with Crippen LogP contribution in [-0.4, -0.2) is 27.7 Å². The van der Waals surface area contributed by atoms with E-state index in [2.05, 4.69) is 36.5 Å². The predicted molar refractivity (Wildman–Crippen MR) is 135 cm³/mol. The molecular formula is C28H28N4O4. The Morgan fingerprint density at radius 1 is 1.06 bits per heavy atom. The maximum atomic E-state index is 13.2. The average Bonchev–Trinajstić information content (AvgIpc) is 3.56. The molecule has 1 atom stereocenters. The number of ether oxygens (including phenoxy) is 1. The Balaban J connectivity index is 1.57. The number of rotatable bonds is 7. The molecule has 0 spiro atoms. The third-order valence-corrected chi connectivity index (χ3v) is 6.43. The molecule has 1 unspecified atom stereocenters. The Bertz CT molecular complexity index is 1400. The Labute approximate surface area is 209 Å². The number of nitrogens with zero attached hydrogens (tertiary/aromatic N) is 3. The first-order chi connectivity index (χ1) is 17.4. The van der Waals surface area contributed by atoms with Crippen molar-refractivity contribution in [2.75, 3.05) is 6.61 Å². The van der Waals surface area contributed by atoms with E-state index >= 15 is 0 Å². The van der Waals surface area contributed by atoms with Gasteiger partial charge in [0.1, 0.15) is 11.5 Å². The highest BCUT2D eigenvalue weighted by molar-refractivity contribution is 5.86. The van der Waals surface area contributed by atoms with Crippen LogP contribution in [0.4, 0.5) is 4.79 Å². The quantitative estimate of drug-likeness (QED) is 0.344. The Hall–Kier alpha value is -4.33. The smallest absolute Gasteiger partial charge is 0.322 e. The number of furan rings is 1. The van der Waals surface area contributed by atoms with Crippen LogP contribution in [0.1, 0.15) is 48.2 Å². The van der Waals surface area contributed by atoms with Crippen molar-refractivity contribution >= 4 is 11.6 Å². The van der Waals surface area contributed by atoms with E-state index in [4.69, 9.17) is 18.7 Å². The molecule has 0 fully saturated rings. The molecule has 8 heteroatoms. The number of hydrogen-bond donors (Lipinski definition) is 1. The molecule has 8 nitrogen and oxygen atoms in total. The van der Waals surface area contributed by atoms with Gasteiger partial charge in [-0.25, -0.2) is 4.79 Å². The van der Waals surface area contributed by atoms with Crippen molar-refractivity contribution in [3.05, 3.63) is 94.9 Å². The second kappa shape index (κ2) is 9.73. The number of urea groups is 1. The minimum absolute atomic E-state index is 0.220. The van der Waals surface area contributed by atoms with Crippen LogP contribution in [0.3, 0.4) is 0 Å². The number of nitrogens with one attached hydrogen (secondary N) is 1. The lowest BCUT2D eigenvalue weighted by Gasteiger charge is -2.34. The molecule has 1 N–H and O–H groups in total. The summed E-state index contributed by atoms with van der Waals surface area (Å²) in [5, 5.41) is 7.38. The summed E-state index contributed by atoms with van der Waals surface area (Å²) >= 11 is 0. The van der Waals surface area contributed by atoms with Gasteiger partial charge in [-0.2, -0.15) is 4.98 Å². The minimum atomic E-state index is -0.446. The van der Waals surface area contributed by atoms with E-state index in [0.717, 1.165) is 33.7 Å². The van der Waals surface area contributed by atoms with Crippen LogP contribution in [-0.2, 0) is 6.54 Å². The van der Waals surface area contributed by atoms with Gasteiger partial charge in [0.25, 0.3) is 5.89 Å². The highest BCUT2D eigenvalue weighted by Gasteiger charge is 2.36. The Morgan fingerprint density at radius 2 is 1.86 bits per heavy atom. The highest BCUT2D eigenvalue weighted by Crippen LogP contribution is 2.38.